The molecule has 22 heavy (non-hydrogen) atoms. The Labute approximate surface area is 142 Å². The number of rotatable bonds is 2. The van der Waals surface area contributed by atoms with Crippen LogP contribution in [0.2, 0.25) is 0 Å². The second kappa shape index (κ2) is 5.42. The minimum absolute atomic E-state index is 0.118. The minimum atomic E-state index is -0.833. The summed E-state index contributed by atoms with van der Waals surface area (Å²) in [6.07, 6.45) is 2.65. The van der Waals surface area contributed by atoms with E-state index in [2.05, 4.69) is 45.0 Å². The van der Waals surface area contributed by atoms with Crippen molar-refractivity contribution in [3.8, 4) is 0 Å². The molecule has 4 heteroatoms. The first-order valence-electron chi connectivity index (χ1n) is 7.99. The highest BCUT2D eigenvalue weighted by Gasteiger charge is 2.58. The van der Waals surface area contributed by atoms with Crippen molar-refractivity contribution in [2.24, 2.45) is 5.92 Å². The van der Waals surface area contributed by atoms with E-state index in [0.717, 1.165) is 19.4 Å². The minimum Gasteiger partial charge on any atom is -0.335 e. The molecule has 120 valence electrons. The fourth-order valence-electron chi connectivity index (χ4n) is 3.26. The molecule has 2 fully saturated rings. The summed E-state index contributed by atoms with van der Waals surface area (Å²) in [5.74, 6) is -0.0994. The Morgan fingerprint density at radius 1 is 1.23 bits per heavy atom. The first kappa shape index (κ1) is 16.1. The van der Waals surface area contributed by atoms with Crippen molar-refractivity contribution in [1.82, 2.24) is 4.90 Å². The number of alkyl halides is 2. The van der Waals surface area contributed by atoms with E-state index < -0.39 is 4.33 Å². The zero-order chi connectivity index (χ0) is 16.1. The van der Waals surface area contributed by atoms with Crippen LogP contribution in [0.25, 0.3) is 0 Å². The third kappa shape index (κ3) is 3.00. The van der Waals surface area contributed by atoms with Gasteiger partial charge in [-0.3, -0.25) is 4.79 Å². The van der Waals surface area contributed by atoms with Crippen LogP contribution in [0.15, 0.2) is 24.3 Å². The van der Waals surface area contributed by atoms with E-state index in [1.54, 1.807) is 0 Å². The molecule has 2 nitrogen and oxygen atoms in total. The normalized spacial score (nSPS) is 27.0. The van der Waals surface area contributed by atoms with Crippen LogP contribution in [-0.4, -0.2) is 21.7 Å². The summed E-state index contributed by atoms with van der Waals surface area (Å²) in [5.41, 5.74) is 2.68. The van der Waals surface area contributed by atoms with Crippen LogP contribution in [0.3, 0.4) is 0 Å². The summed E-state index contributed by atoms with van der Waals surface area (Å²) in [6.45, 7) is 7.44. The molecule has 1 aromatic carbocycles. The maximum atomic E-state index is 12.6. The number of carbonyl (C=O) groups excluding carboxylic acids is 1. The van der Waals surface area contributed by atoms with Gasteiger partial charge in [-0.15, -0.1) is 23.2 Å². The standard InChI is InChI=1S/C18H23Cl2NO/c1-17(2,3)13-8-6-12(7-9-13)15-5-4-10-21(15)16(22)14-11-18(14,19)20/h6-9,14-15H,4-5,10-11H2,1-3H3. The first-order chi connectivity index (χ1) is 10.2. The van der Waals surface area contributed by atoms with Gasteiger partial charge in [-0.05, 0) is 35.8 Å². The Morgan fingerprint density at radius 3 is 2.32 bits per heavy atom. The molecule has 2 unspecified atom stereocenters. The van der Waals surface area contributed by atoms with E-state index in [1.165, 1.54) is 11.1 Å². The van der Waals surface area contributed by atoms with Gasteiger partial charge in [0.05, 0.1) is 12.0 Å². The number of carbonyl (C=O) groups is 1. The fourth-order valence-corrected chi connectivity index (χ4v) is 3.76. The van der Waals surface area contributed by atoms with E-state index in [4.69, 9.17) is 23.2 Å². The highest BCUT2D eigenvalue weighted by atomic mass is 35.5. The van der Waals surface area contributed by atoms with Gasteiger partial charge in [0.15, 0.2) is 0 Å². The molecule has 1 aliphatic carbocycles. The van der Waals surface area contributed by atoms with Gasteiger partial charge in [0.25, 0.3) is 0 Å². The van der Waals surface area contributed by atoms with Gasteiger partial charge in [-0.25, -0.2) is 0 Å². The topological polar surface area (TPSA) is 20.3 Å². The second-order valence-corrected chi connectivity index (χ2v) is 9.12. The van der Waals surface area contributed by atoms with Crippen LogP contribution in [-0.2, 0) is 10.2 Å². The SMILES string of the molecule is CC(C)(C)c1ccc(C2CCCN2C(=O)C2CC2(Cl)Cl)cc1. The largest absolute Gasteiger partial charge is 0.335 e. The molecule has 1 heterocycles. The Kier molecular flexibility index (Phi) is 3.98. The van der Waals surface area contributed by atoms with E-state index in [9.17, 15) is 4.79 Å². The van der Waals surface area contributed by atoms with E-state index in [0.29, 0.717) is 6.42 Å². The van der Waals surface area contributed by atoms with Gasteiger partial charge >= 0.3 is 0 Å². The van der Waals surface area contributed by atoms with Gasteiger partial charge in [-0.1, -0.05) is 45.0 Å². The third-order valence-electron chi connectivity index (χ3n) is 4.82. The summed E-state index contributed by atoms with van der Waals surface area (Å²) in [5, 5.41) is 0. The molecule has 2 aliphatic rings. The third-order valence-corrected chi connectivity index (χ3v) is 5.66. The molecule has 1 saturated carbocycles. The number of nitrogens with zero attached hydrogens (tertiary/aromatic N) is 1. The van der Waals surface area contributed by atoms with Gasteiger partial charge in [0.2, 0.25) is 5.91 Å². The van der Waals surface area contributed by atoms with E-state index >= 15 is 0 Å². The summed E-state index contributed by atoms with van der Waals surface area (Å²) in [6, 6.07) is 8.87. The number of hydrogen-bond acceptors (Lipinski definition) is 1. The molecule has 0 N–H and O–H groups in total. The van der Waals surface area contributed by atoms with Crippen LogP contribution >= 0.6 is 23.2 Å². The van der Waals surface area contributed by atoms with Gasteiger partial charge in [0, 0.05) is 6.54 Å². The molecule has 0 spiro atoms. The molecular formula is C18H23Cl2NO. The quantitative estimate of drug-likeness (QED) is 0.706. The number of benzene rings is 1. The number of hydrogen-bond donors (Lipinski definition) is 0. The lowest BCUT2D eigenvalue weighted by Gasteiger charge is -2.26. The van der Waals surface area contributed by atoms with Crippen LogP contribution in [0.5, 0.6) is 0 Å². The molecule has 0 bridgehead atoms. The zero-order valence-corrected chi connectivity index (χ0v) is 14.9. The Balaban J connectivity index is 1.77. The zero-order valence-electron chi connectivity index (χ0n) is 13.4. The highest BCUT2D eigenvalue weighted by Crippen LogP contribution is 2.55. The molecule has 3 rings (SSSR count). The van der Waals surface area contributed by atoms with Gasteiger partial charge in [0.1, 0.15) is 4.33 Å². The number of likely N-dealkylation sites (tertiary alicyclic amines) is 1. The van der Waals surface area contributed by atoms with Crippen LogP contribution in [0.1, 0.15) is 57.2 Å². The van der Waals surface area contributed by atoms with Gasteiger partial charge in [-0.2, -0.15) is 0 Å². The van der Waals surface area contributed by atoms with Gasteiger partial charge < -0.3 is 4.90 Å². The predicted octanol–water partition coefficient (Wildman–Crippen LogP) is 4.84. The number of amides is 1. The molecule has 0 aromatic heterocycles. The van der Waals surface area contributed by atoms with E-state index in [1.807, 2.05) is 4.90 Å². The highest BCUT2D eigenvalue weighted by molar-refractivity contribution is 6.52. The predicted molar refractivity (Wildman–Crippen MR) is 91.4 cm³/mol. The van der Waals surface area contributed by atoms with Crippen molar-refractivity contribution in [2.45, 2.75) is 55.8 Å². The summed E-state index contributed by atoms with van der Waals surface area (Å²) >= 11 is 12.1. The first-order valence-corrected chi connectivity index (χ1v) is 8.74. The maximum Gasteiger partial charge on any atom is 0.229 e. The molecule has 1 amide bonds. The van der Waals surface area contributed by atoms with E-state index in [-0.39, 0.29) is 23.3 Å². The average molecular weight is 340 g/mol. The lowest BCUT2D eigenvalue weighted by atomic mass is 9.86. The molecule has 0 radical (unpaired) electrons. The fraction of sp³-hybridized carbons (Fsp3) is 0.611. The molecule has 2 atom stereocenters. The molecule has 1 aliphatic heterocycles. The van der Waals surface area contributed by atoms with Crippen molar-refractivity contribution in [3.05, 3.63) is 35.4 Å². The van der Waals surface area contributed by atoms with Crippen molar-refractivity contribution in [3.63, 3.8) is 0 Å². The second-order valence-electron chi connectivity index (χ2n) is 7.58. The van der Waals surface area contributed by atoms with Crippen LogP contribution in [0.4, 0.5) is 0 Å². The summed E-state index contributed by atoms with van der Waals surface area (Å²) in [7, 11) is 0. The van der Waals surface area contributed by atoms with Crippen LogP contribution in [0, 0.1) is 5.92 Å². The van der Waals surface area contributed by atoms with Crippen molar-refractivity contribution >= 4 is 29.1 Å². The summed E-state index contributed by atoms with van der Waals surface area (Å²) < 4.78 is -0.833. The lowest BCUT2D eigenvalue weighted by Crippen LogP contribution is -2.33. The molecular weight excluding hydrogens is 317 g/mol. The smallest absolute Gasteiger partial charge is 0.229 e. The molecule has 1 aromatic rings. The number of halogens is 2. The average Bonchev–Trinajstić information content (AvgIpc) is 2.88. The van der Waals surface area contributed by atoms with Crippen molar-refractivity contribution < 1.29 is 4.79 Å². The lowest BCUT2D eigenvalue weighted by molar-refractivity contribution is -0.133. The summed E-state index contributed by atoms with van der Waals surface area (Å²) in [4.78, 5) is 14.6. The Hall–Kier alpha value is -0.730. The maximum absolute atomic E-state index is 12.6. The van der Waals surface area contributed by atoms with Crippen molar-refractivity contribution in [2.75, 3.05) is 6.54 Å². The Bertz CT molecular complexity index is 574. The Morgan fingerprint density at radius 2 is 1.82 bits per heavy atom. The monoisotopic (exact) mass is 339 g/mol. The van der Waals surface area contributed by atoms with Crippen LogP contribution < -0.4 is 0 Å². The molecule has 1 saturated heterocycles. The van der Waals surface area contributed by atoms with Crippen molar-refractivity contribution in [1.29, 1.82) is 0 Å².